The molecule has 92 valence electrons. The van der Waals surface area contributed by atoms with Gasteiger partial charge < -0.3 is 15.5 Å². The summed E-state index contributed by atoms with van der Waals surface area (Å²) < 4.78 is 0. The van der Waals surface area contributed by atoms with Gasteiger partial charge in [0.25, 0.3) is 0 Å². The zero-order chi connectivity index (χ0) is 13.0. The highest BCUT2D eigenvalue weighted by atomic mass is 16.3. The van der Waals surface area contributed by atoms with E-state index in [1.807, 2.05) is 0 Å². The molecule has 0 aromatic heterocycles. The molecule has 0 spiro atoms. The van der Waals surface area contributed by atoms with Gasteiger partial charge in [-0.15, -0.1) is 0 Å². The summed E-state index contributed by atoms with van der Waals surface area (Å²) in [6.45, 7) is 2.27. The van der Waals surface area contributed by atoms with E-state index in [0.29, 0.717) is 16.8 Å². The van der Waals surface area contributed by atoms with Gasteiger partial charge in [-0.25, -0.2) is 0 Å². The fourth-order valence-electron chi connectivity index (χ4n) is 1.46. The molecule has 0 aliphatic rings. The van der Waals surface area contributed by atoms with Crippen LogP contribution in [-0.4, -0.2) is 28.5 Å². The number of benzene rings is 1. The molecule has 0 aliphatic carbocycles. The smallest absolute Gasteiger partial charge is 0.221 e. The van der Waals surface area contributed by atoms with Crippen molar-refractivity contribution in [3.63, 3.8) is 0 Å². The molecule has 1 atom stereocenters. The third kappa shape index (κ3) is 3.37. The molecule has 5 nitrogen and oxygen atoms in total. The minimum atomic E-state index is -1.13. The number of Topliss-reactive ketones (excluding diaryl/α,β-unsaturated/α-hetero) is 1. The van der Waals surface area contributed by atoms with Gasteiger partial charge in [0.1, 0.15) is 6.10 Å². The standard InChI is InChI=1S/C12H15NO4/c1-7(15)9-3-4-11(13-8(2)16)10(5-9)12(17)6-14/h3-5,12,14,17H,6H2,1-2H3,(H,13,16). The highest BCUT2D eigenvalue weighted by Crippen LogP contribution is 2.24. The molecule has 0 aliphatic heterocycles. The summed E-state index contributed by atoms with van der Waals surface area (Å²) in [6, 6.07) is 4.56. The first-order valence-electron chi connectivity index (χ1n) is 5.17. The van der Waals surface area contributed by atoms with Gasteiger partial charge in [0.2, 0.25) is 5.91 Å². The van der Waals surface area contributed by atoms with E-state index in [4.69, 9.17) is 5.11 Å². The van der Waals surface area contributed by atoms with Gasteiger partial charge in [-0.05, 0) is 25.1 Å². The van der Waals surface area contributed by atoms with Crippen molar-refractivity contribution >= 4 is 17.4 Å². The number of amides is 1. The molecule has 17 heavy (non-hydrogen) atoms. The molecule has 1 unspecified atom stereocenters. The maximum atomic E-state index is 11.2. The lowest BCUT2D eigenvalue weighted by Gasteiger charge is -2.14. The fraction of sp³-hybridized carbons (Fsp3) is 0.333. The fourth-order valence-corrected chi connectivity index (χ4v) is 1.46. The molecule has 0 saturated carbocycles. The lowest BCUT2D eigenvalue weighted by molar-refractivity contribution is -0.114. The van der Waals surface area contributed by atoms with Gasteiger partial charge in [0, 0.05) is 23.7 Å². The van der Waals surface area contributed by atoms with Crippen molar-refractivity contribution in [3.8, 4) is 0 Å². The maximum Gasteiger partial charge on any atom is 0.221 e. The van der Waals surface area contributed by atoms with Crippen molar-refractivity contribution in [2.24, 2.45) is 0 Å². The SMILES string of the molecule is CC(=O)Nc1ccc(C(C)=O)cc1C(O)CO. The number of carbonyl (C=O) groups excluding carboxylic acids is 2. The summed E-state index contributed by atoms with van der Waals surface area (Å²) in [7, 11) is 0. The van der Waals surface area contributed by atoms with Gasteiger partial charge in [-0.2, -0.15) is 0 Å². The van der Waals surface area contributed by atoms with Gasteiger partial charge in [-0.1, -0.05) is 0 Å². The van der Waals surface area contributed by atoms with E-state index in [1.54, 1.807) is 6.07 Å². The molecule has 3 N–H and O–H groups in total. The van der Waals surface area contributed by atoms with Crippen LogP contribution in [0.3, 0.4) is 0 Å². The number of carbonyl (C=O) groups is 2. The maximum absolute atomic E-state index is 11.2. The number of rotatable bonds is 4. The molecule has 5 heteroatoms. The highest BCUT2D eigenvalue weighted by molar-refractivity contribution is 5.96. The van der Waals surface area contributed by atoms with E-state index in [1.165, 1.54) is 26.0 Å². The zero-order valence-corrected chi connectivity index (χ0v) is 9.73. The molecule has 0 saturated heterocycles. The average Bonchev–Trinajstić information content (AvgIpc) is 2.27. The van der Waals surface area contributed by atoms with Crippen molar-refractivity contribution in [2.45, 2.75) is 20.0 Å². The second-order valence-corrected chi connectivity index (χ2v) is 3.74. The molecule has 0 radical (unpaired) electrons. The molecule has 1 aromatic rings. The van der Waals surface area contributed by atoms with Crippen LogP contribution in [0, 0.1) is 0 Å². The minimum absolute atomic E-state index is 0.147. The van der Waals surface area contributed by atoms with Crippen molar-refractivity contribution < 1.29 is 19.8 Å². The van der Waals surface area contributed by atoms with Gasteiger partial charge in [0.05, 0.1) is 6.61 Å². The van der Waals surface area contributed by atoms with Crippen LogP contribution in [0.2, 0.25) is 0 Å². The number of aliphatic hydroxyl groups is 2. The minimum Gasteiger partial charge on any atom is -0.393 e. The number of ketones is 1. The number of hydrogen-bond donors (Lipinski definition) is 3. The number of nitrogens with one attached hydrogen (secondary N) is 1. The molecule has 0 bridgehead atoms. The summed E-state index contributed by atoms with van der Waals surface area (Å²) >= 11 is 0. The first-order valence-corrected chi connectivity index (χ1v) is 5.17. The summed E-state index contributed by atoms with van der Waals surface area (Å²) in [5.41, 5.74) is 1.14. The van der Waals surface area contributed by atoms with Crippen LogP contribution in [-0.2, 0) is 4.79 Å². The van der Waals surface area contributed by atoms with E-state index in [9.17, 15) is 14.7 Å². The van der Waals surface area contributed by atoms with Crippen LogP contribution in [0.4, 0.5) is 5.69 Å². The van der Waals surface area contributed by atoms with Crippen molar-refractivity contribution in [1.82, 2.24) is 0 Å². The van der Waals surface area contributed by atoms with Crippen LogP contribution < -0.4 is 5.32 Å². The molecule has 1 rings (SSSR count). The summed E-state index contributed by atoms with van der Waals surface area (Å²) in [4.78, 5) is 22.2. The second-order valence-electron chi connectivity index (χ2n) is 3.74. The monoisotopic (exact) mass is 237 g/mol. The Morgan fingerprint density at radius 1 is 1.35 bits per heavy atom. The molecule has 1 aromatic carbocycles. The quantitative estimate of drug-likeness (QED) is 0.678. The van der Waals surface area contributed by atoms with Gasteiger partial charge in [0.15, 0.2) is 5.78 Å². The first kappa shape index (κ1) is 13.3. The lowest BCUT2D eigenvalue weighted by atomic mass is 10.0. The Balaban J connectivity index is 3.20. The number of aliphatic hydroxyl groups excluding tert-OH is 2. The predicted octanol–water partition coefficient (Wildman–Crippen LogP) is 0.873. The predicted molar refractivity (Wildman–Crippen MR) is 62.8 cm³/mol. The summed E-state index contributed by atoms with van der Waals surface area (Å²) in [6.07, 6.45) is -1.13. The van der Waals surface area contributed by atoms with Crippen LogP contribution in [0.25, 0.3) is 0 Å². The summed E-state index contributed by atoms with van der Waals surface area (Å²) in [5, 5.41) is 21.1. The van der Waals surface area contributed by atoms with Crippen molar-refractivity contribution in [2.75, 3.05) is 11.9 Å². The van der Waals surface area contributed by atoms with E-state index < -0.39 is 12.7 Å². The molecule has 0 fully saturated rings. The number of hydrogen-bond acceptors (Lipinski definition) is 4. The second kappa shape index (κ2) is 5.56. The molecule has 1 amide bonds. The van der Waals surface area contributed by atoms with E-state index >= 15 is 0 Å². The topological polar surface area (TPSA) is 86.6 Å². The normalized spacial score (nSPS) is 12.0. The Kier molecular flexibility index (Phi) is 4.37. The van der Waals surface area contributed by atoms with E-state index in [-0.39, 0.29) is 11.7 Å². The van der Waals surface area contributed by atoms with Gasteiger partial charge >= 0.3 is 0 Å². The Hall–Kier alpha value is -1.72. The highest BCUT2D eigenvalue weighted by Gasteiger charge is 2.14. The third-order valence-electron chi connectivity index (χ3n) is 2.30. The van der Waals surface area contributed by atoms with Crippen molar-refractivity contribution in [3.05, 3.63) is 29.3 Å². The van der Waals surface area contributed by atoms with Gasteiger partial charge in [-0.3, -0.25) is 9.59 Å². The van der Waals surface area contributed by atoms with Crippen LogP contribution in [0.1, 0.15) is 35.9 Å². The molecule has 0 heterocycles. The molecular formula is C12H15NO4. The Labute approximate surface area is 99.1 Å². The van der Waals surface area contributed by atoms with Crippen LogP contribution in [0.15, 0.2) is 18.2 Å². The zero-order valence-electron chi connectivity index (χ0n) is 9.73. The Morgan fingerprint density at radius 2 is 2.00 bits per heavy atom. The molecular weight excluding hydrogens is 222 g/mol. The first-order chi connectivity index (χ1) is 7.95. The van der Waals surface area contributed by atoms with Crippen molar-refractivity contribution in [1.29, 1.82) is 0 Å². The third-order valence-corrected chi connectivity index (χ3v) is 2.30. The largest absolute Gasteiger partial charge is 0.393 e. The Morgan fingerprint density at radius 3 is 2.47 bits per heavy atom. The lowest BCUT2D eigenvalue weighted by Crippen LogP contribution is -2.12. The van der Waals surface area contributed by atoms with E-state index in [2.05, 4.69) is 5.32 Å². The average molecular weight is 237 g/mol. The van der Waals surface area contributed by atoms with Crippen LogP contribution >= 0.6 is 0 Å². The Bertz CT molecular complexity index is 442. The van der Waals surface area contributed by atoms with Crippen LogP contribution in [0.5, 0.6) is 0 Å². The number of anilines is 1. The summed E-state index contributed by atoms with van der Waals surface area (Å²) in [5.74, 6) is -0.433. The van der Waals surface area contributed by atoms with E-state index in [0.717, 1.165) is 0 Å².